The van der Waals surface area contributed by atoms with Crippen LogP contribution in [0.3, 0.4) is 0 Å². The van der Waals surface area contributed by atoms with Crippen LogP contribution in [0.15, 0.2) is 73.1 Å². The van der Waals surface area contributed by atoms with E-state index < -0.39 is 36.1 Å². The molecule has 0 bridgehead atoms. The van der Waals surface area contributed by atoms with Gasteiger partial charge in [-0.2, -0.15) is 0 Å². The molecule has 2 spiro atoms. The Morgan fingerprint density at radius 3 is 1.66 bits per heavy atom. The SMILES string of the molecule is COC(=O)NC(C(=O)N1CC2(CC2)C[C@H]1c1ncc(-c2ccc3cc(-c4ccc(-c5cnc([C@@H]6CC7(CN6C(=O)[C@@H](NC(=O)OC)C(C)C)OCCO7)[nH]5)cc4)ccc3c2)[nH]1)C(C)C. The van der Waals surface area contributed by atoms with Crippen molar-refractivity contribution in [1.29, 1.82) is 0 Å². The number of imidazole rings is 2. The molecular formula is C48H56N8O8. The number of amides is 4. The van der Waals surface area contributed by atoms with Crippen molar-refractivity contribution in [2.75, 3.05) is 40.5 Å². The van der Waals surface area contributed by atoms with Gasteiger partial charge in [0.2, 0.25) is 11.8 Å². The molecule has 3 aliphatic heterocycles. The first-order valence-corrected chi connectivity index (χ1v) is 22.1. The number of methoxy groups -OCH3 is 2. The third-order valence-electron chi connectivity index (χ3n) is 13.4. The van der Waals surface area contributed by atoms with Gasteiger partial charge in [0.25, 0.3) is 0 Å². The first-order chi connectivity index (χ1) is 30.8. The lowest BCUT2D eigenvalue weighted by Crippen LogP contribution is -2.52. The molecule has 4 fully saturated rings. The highest BCUT2D eigenvalue weighted by molar-refractivity contribution is 5.91. The van der Waals surface area contributed by atoms with Crippen LogP contribution in [0.1, 0.15) is 77.1 Å². The molecule has 3 aromatic carbocycles. The topological polar surface area (TPSA) is 193 Å². The van der Waals surface area contributed by atoms with E-state index in [4.69, 9.17) is 28.9 Å². The molecule has 336 valence electrons. The minimum absolute atomic E-state index is 0.111. The molecule has 4 N–H and O–H groups in total. The molecule has 1 saturated carbocycles. The molecule has 3 saturated heterocycles. The van der Waals surface area contributed by atoms with Crippen LogP contribution in [-0.4, -0.2) is 112 Å². The number of nitrogens with zero attached hydrogens (tertiary/aromatic N) is 4. The second-order valence-electron chi connectivity index (χ2n) is 18.4. The number of likely N-dealkylation sites (tertiary alicyclic amines) is 2. The van der Waals surface area contributed by atoms with Gasteiger partial charge in [0.05, 0.1) is 69.8 Å². The van der Waals surface area contributed by atoms with Gasteiger partial charge in [-0.3, -0.25) is 9.59 Å². The van der Waals surface area contributed by atoms with Gasteiger partial charge in [0, 0.05) is 18.5 Å². The van der Waals surface area contributed by atoms with Crippen LogP contribution in [0.4, 0.5) is 9.59 Å². The van der Waals surface area contributed by atoms with E-state index in [1.54, 1.807) is 11.1 Å². The van der Waals surface area contributed by atoms with Gasteiger partial charge in [-0.25, -0.2) is 19.6 Å². The number of aromatic nitrogens is 4. The van der Waals surface area contributed by atoms with Gasteiger partial charge in [-0.1, -0.05) is 76.2 Å². The molecule has 5 heterocycles. The van der Waals surface area contributed by atoms with E-state index in [1.807, 2.05) is 38.8 Å². The fourth-order valence-corrected chi connectivity index (χ4v) is 9.59. The molecule has 16 heteroatoms. The van der Waals surface area contributed by atoms with Gasteiger partial charge in [-0.15, -0.1) is 0 Å². The number of alkyl carbamates (subject to hydrolysis) is 2. The zero-order chi connectivity index (χ0) is 44.9. The second-order valence-corrected chi connectivity index (χ2v) is 18.4. The number of nitrogens with one attached hydrogen (secondary N) is 4. The lowest BCUT2D eigenvalue weighted by atomic mass is 9.98. The van der Waals surface area contributed by atoms with Crippen LogP contribution < -0.4 is 10.6 Å². The molecule has 16 nitrogen and oxygen atoms in total. The Bertz CT molecular complexity index is 2560. The average molecular weight is 873 g/mol. The highest BCUT2D eigenvalue weighted by Crippen LogP contribution is 2.58. The summed E-state index contributed by atoms with van der Waals surface area (Å²) in [6.07, 6.45) is 5.73. The quantitative estimate of drug-likeness (QED) is 0.106. The molecule has 9 rings (SSSR count). The molecule has 4 atom stereocenters. The van der Waals surface area contributed by atoms with E-state index in [2.05, 4.69) is 81.3 Å². The molecule has 2 aromatic heterocycles. The van der Waals surface area contributed by atoms with Crippen LogP contribution in [0, 0.1) is 17.3 Å². The van der Waals surface area contributed by atoms with Crippen molar-refractivity contribution in [3.8, 4) is 33.6 Å². The maximum Gasteiger partial charge on any atom is 0.407 e. The third kappa shape index (κ3) is 8.31. The van der Waals surface area contributed by atoms with Gasteiger partial charge >= 0.3 is 12.2 Å². The molecule has 0 radical (unpaired) electrons. The van der Waals surface area contributed by atoms with Crippen LogP contribution in [0.5, 0.6) is 0 Å². The van der Waals surface area contributed by atoms with Crippen molar-refractivity contribution in [3.63, 3.8) is 0 Å². The Kier molecular flexibility index (Phi) is 11.4. The maximum absolute atomic E-state index is 14.0. The lowest BCUT2D eigenvalue weighted by molar-refractivity contribution is -0.153. The Morgan fingerprint density at radius 2 is 1.12 bits per heavy atom. The summed E-state index contributed by atoms with van der Waals surface area (Å²) in [7, 11) is 2.58. The van der Waals surface area contributed by atoms with Crippen LogP contribution in [-0.2, 0) is 28.5 Å². The minimum Gasteiger partial charge on any atom is -0.453 e. The van der Waals surface area contributed by atoms with Crippen molar-refractivity contribution in [2.24, 2.45) is 17.3 Å². The molecule has 4 aliphatic rings. The fourth-order valence-electron chi connectivity index (χ4n) is 9.59. The third-order valence-corrected chi connectivity index (χ3v) is 13.4. The number of benzene rings is 3. The number of rotatable bonds is 11. The highest BCUT2D eigenvalue weighted by atomic mass is 16.7. The standard InChI is InChI=1S/C48H56N8O8/c1-27(2)39(53-45(59)61-5)43(57)55-25-47(15-16-47)21-37(55)41-50-24-36(52-41)34-14-13-32-19-31(11-12-33(32)20-34)29-7-9-30(10-8-29)35-23-49-42(51-35)38-22-48(63-17-18-64-48)26-56(38)44(58)40(28(3)4)54-46(60)62-6/h7-14,19-20,23-24,27-28,37-40H,15-18,21-22,25-26H2,1-6H3,(H,49,51)(H,50,52)(H,53,59)(H,54,60)/t37-,38-,39?,40-/m0/s1. The number of H-pyrrole nitrogens is 2. The van der Waals surface area contributed by atoms with E-state index in [1.165, 1.54) is 14.2 Å². The average Bonchev–Trinajstić information content (AvgIpc) is 3.94. The number of aromatic amines is 2. The number of hydrogen-bond acceptors (Lipinski definition) is 10. The second kappa shape index (κ2) is 17.0. The molecule has 4 amide bonds. The molecule has 5 aromatic rings. The summed E-state index contributed by atoms with van der Waals surface area (Å²) >= 11 is 0. The minimum atomic E-state index is -0.934. The number of fused-ring (bicyclic) bond motifs is 1. The van der Waals surface area contributed by atoms with E-state index in [0.717, 1.165) is 69.5 Å². The number of carbonyl (C=O) groups excluding carboxylic acids is 4. The highest BCUT2D eigenvalue weighted by Gasteiger charge is 2.55. The summed E-state index contributed by atoms with van der Waals surface area (Å²) in [6, 6.07) is 18.9. The molecule has 1 unspecified atom stereocenters. The maximum atomic E-state index is 14.0. The molecule has 1 aliphatic carbocycles. The predicted octanol–water partition coefficient (Wildman–Crippen LogP) is 7.12. The van der Waals surface area contributed by atoms with E-state index in [0.29, 0.717) is 32.0 Å². The first-order valence-electron chi connectivity index (χ1n) is 22.1. The Hall–Kier alpha value is -6.26. The van der Waals surface area contributed by atoms with Crippen molar-refractivity contribution < 1.29 is 38.1 Å². The van der Waals surface area contributed by atoms with Crippen molar-refractivity contribution >= 4 is 34.8 Å². The molecule has 64 heavy (non-hydrogen) atoms. The number of carbonyl (C=O) groups is 4. The molecular weight excluding hydrogens is 817 g/mol. The van der Waals surface area contributed by atoms with E-state index >= 15 is 0 Å². The van der Waals surface area contributed by atoms with Gasteiger partial charge in [0.1, 0.15) is 23.7 Å². The monoisotopic (exact) mass is 872 g/mol. The fraction of sp³-hybridized carbons (Fsp3) is 0.458. The normalized spacial score (nSPS) is 20.6. The van der Waals surface area contributed by atoms with Gasteiger partial charge < -0.3 is 49.3 Å². The van der Waals surface area contributed by atoms with Gasteiger partial charge in [0.15, 0.2) is 5.79 Å². The largest absolute Gasteiger partial charge is 0.453 e. The summed E-state index contributed by atoms with van der Waals surface area (Å²) < 4.78 is 21.7. The Balaban J connectivity index is 0.898. The predicted molar refractivity (Wildman–Crippen MR) is 237 cm³/mol. The van der Waals surface area contributed by atoms with Crippen LogP contribution >= 0.6 is 0 Å². The first kappa shape index (κ1) is 43.0. The van der Waals surface area contributed by atoms with Crippen LogP contribution in [0.25, 0.3) is 44.4 Å². The smallest absolute Gasteiger partial charge is 0.407 e. The zero-order valence-electron chi connectivity index (χ0n) is 37.1. The van der Waals surface area contributed by atoms with Crippen LogP contribution in [0.2, 0.25) is 0 Å². The summed E-state index contributed by atoms with van der Waals surface area (Å²) in [4.78, 5) is 72.4. The van der Waals surface area contributed by atoms with Crippen molar-refractivity contribution in [3.05, 3.63) is 84.7 Å². The lowest BCUT2D eigenvalue weighted by Gasteiger charge is -2.30. The number of hydrogen-bond donors (Lipinski definition) is 4. The van der Waals surface area contributed by atoms with E-state index in [9.17, 15) is 19.2 Å². The Morgan fingerprint density at radius 1 is 0.656 bits per heavy atom. The van der Waals surface area contributed by atoms with Gasteiger partial charge in [-0.05, 0) is 76.1 Å². The van der Waals surface area contributed by atoms with Crippen molar-refractivity contribution in [1.82, 2.24) is 40.4 Å². The van der Waals surface area contributed by atoms with E-state index in [-0.39, 0.29) is 41.7 Å². The Labute approximate surface area is 371 Å². The summed E-state index contributed by atoms with van der Waals surface area (Å²) in [5.74, 6) is -0.252. The summed E-state index contributed by atoms with van der Waals surface area (Å²) in [6.45, 7) is 9.34. The summed E-state index contributed by atoms with van der Waals surface area (Å²) in [5.41, 5.74) is 5.85. The zero-order valence-corrected chi connectivity index (χ0v) is 37.1. The summed E-state index contributed by atoms with van der Waals surface area (Å²) in [5, 5.41) is 7.62. The number of ether oxygens (including phenoxy) is 4. The van der Waals surface area contributed by atoms with Crippen molar-refractivity contribution in [2.45, 2.75) is 83.3 Å².